The molecule has 8 nitrogen and oxygen atoms in total. The Labute approximate surface area is 220 Å². The summed E-state index contributed by atoms with van der Waals surface area (Å²) in [5, 5.41) is 10.6. The number of nitrogens with zero attached hydrogens (tertiary/aromatic N) is 4. The van der Waals surface area contributed by atoms with Crippen molar-refractivity contribution in [3.8, 4) is 16.9 Å². The van der Waals surface area contributed by atoms with Gasteiger partial charge in [-0.2, -0.15) is 8.78 Å². The molecule has 5 heterocycles. The first kappa shape index (κ1) is 20.1. The highest BCUT2D eigenvalue weighted by atomic mass is 19.3. The summed E-state index contributed by atoms with van der Waals surface area (Å²) in [4.78, 5) is 23.7. The molecule has 1 amide bonds. The van der Waals surface area contributed by atoms with E-state index in [2.05, 4.69) is 4.98 Å². The maximum Gasteiger partial charge on any atom is 0.387 e. The zero-order valence-electron chi connectivity index (χ0n) is 23.2. The van der Waals surface area contributed by atoms with E-state index in [0.29, 0.717) is 29.2 Å². The Bertz CT molecular complexity index is 1740. The van der Waals surface area contributed by atoms with Crippen LogP contribution in [0.3, 0.4) is 0 Å². The number of hydrogen-bond acceptors (Lipinski definition) is 6. The molecular formula is C28H24F2N4O4. The topological polar surface area (TPSA) is 89.7 Å². The number of amides is 1. The number of imidazole rings is 1. The van der Waals surface area contributed by atoms with E-state index in [-0.39, 0.29) is 29.9 Å². The van der Waals surface area contributed by atoms with Crippen LogP contribution >= 0.6 is 0 Å². The van der Waals surface area contributed by atoms with Crippen molar-refractivity contribution < 1.29 is 32.3 Å². The van der Waals surface area contributed by atoms with Crippen LogP contribution in [0.4, 0.5) is 8.78 Å². The number of hydrogen-bond donors (Lipinski definition) is 1. The second kappa shape index (κ2) is 8.05. The number of aromatic nitrogens is 3. The number of pyridine rings is 1. The van der Waals surface area contributed by atoms with Crippen molar-refractivity contribution in [3.05, 3.63) is 76.9 Å². The van der Waals surface area contributed by atoms with Crippen LogP contribution in [0.1, 0.15) is 62.5 Å². The second-order valence-corrected chi connectivity index (χ2v) is 10.1. The van der Waals surface area contributed by atoms with E-state index in [1.807, 2.05) is 22.8 Å². The van der Waals surface area contributed by atoms with Crippen molar-refractivity contribution in [3.63, 3.8) is 0 Å². The van der Waals surface area contributed by atoms with Gasteiger partial charge in [-0.3, -0.25) is 9.78 Å². The number of rotatable bonds is 3. The van der Waals surface area contributed by atoms with E-state index in [1.54, 1.807) is 19.2 Å². The van der Waals surface area contributed by atoms with Crippen molar-refractivity contribution in [2.24, 2.45) is 0 Å². The van der Waals surface area contributed by atoms with Crippen LogP contribution in [-0.2, 0) is 16.9 Å². The number of ether oxygens (including phenoxy) is 2. The third-order valence-electron chi connectivity index (χ3n) is 7.60. The predicted octanol–water partition coefficient (Wildman–Crippen LogP) is 4.56. The minimum absolute atomic E-state index is 0.00127. The second-order valence-electron chi connectivity index (χ2n) is 10.1. The number of carbonyl (C=O) groups excluding carboxylic acids is 1. The van der Waals surface area contributed by atoms with Gasteiger partial charge < -0.3 is 24.0 Å². The Morgan fingerprint density at radius 3 is 2.92 bits per heavy atom. The normalized spacial score (nSPS) is 25.3. The standard InChI is InChI=1S/C28H24F2N4O4/c1-28(36)13-37-12-16-8-15(11-31-24(16)28)14-6-7-18-19(9-14)34-20-10-21(25(34)32-18)33(2)26(35)17-4-3-5-22(23(17)20)38-27(29)30/h3-9,11,20-21,27,36H,10,12-13H2,1-2H3/t20-,21-,28+/m1/s1/i2D3. The fourth-order valence-corrected chi connectivity index (χ4v) is 5.98. The predicted molar refractivity (Wildman–Crippen MR) is 133 cm³/mol. The molecule has 10 heteroatoms. The maximum atomic E-state index is 13.6. The van der Waals surface area contributed by atoms with Crippen LogP contribution in [0, 0.1) is 0 Å². The molecule has 4 aromatic rings. The van der Waals surface area contributed by atoms with Gasteiger partial charge in [-0.1, -0.05) is 12.1 Å². The Hall–Kier alpha value is -3.89. The van der Waals surface area contributed by atoms with Gasteiger partial charge in [0.1, 0.15) is 17.2 Å². The molecule has 2 bridgehead atoms. The molecule has 194 valence electrons. The quantitative estimate of drug-likeness (QED) is 0.425. The molecule has 0 unspecified atom stereocenters. The molecule has 3 aliphatic rings. The van der Waals surface area contributed by atoms with E-state index in [9.17, 15) is 18.7 Å². The summed E-state index contributed by atoms with van der Waals surface area (Å²) >= 11 is 0. The number of aliphatic hydroxyl groups is 1. The molecule has 0 spiro atoms. The van der Waals surface area contributed by atoms with Crippen molar-refractivity contribution >= 4 is 16.9 Å². The molecule has 0 fully saturated rings. The minimum Gasteiger partial charge on any atom is -0.434 e. The fourth-order valence-electron chi connectivity index (χ4n) is 5.98. The van der Waals surface area contributed by atoms with Gasteiger partial charge in [0.15, 0.2) is 0 Å². The summed E-state index contributed by atoms with van der Waals surface area (Å²) in [6.07, 6.45) is 1.81. The summed E-state index contributed by atoms with van der Waals surface area (Å²) in [5.74, 6) is -0.611. The van der Waals surface area contributed by atoms with Gasteiger partial charge in [0.25, 0.3) is 5.91 Å². The van der Waals surface area contributed by atoms with Crippen LogP contribution in [0.2, 0.25) is 0 Å². The molecule has 3 aliphatic heterocycles. The zero-order valence-corrected chi connectivity index (χ0v) is 20.2. The summed E-state index contributed by atoms with van der Waals surface area (Å²) in [6, 6.07) is 10.0. The average Bonchev–Trinajstić information content (AvgIpc) is 3.40. The smallest absolute Gasteiger partial charge is 0.387 e. The molecule has 0 saturated heterocycles. The Kier molecular flexibility index (Phi) is 4.26. The molecule has 0 radical (unpaired) electrons. The van der Waals surface area contributed by atoms with E-state index >= 15 is 0 Å². The molecule has 2 aromatic carbocycles. The van der Waals surface area contributed by atoms with E-state index < -0.39 is 37.2 Å². The van der Waals surface area contributed by atoms with E-state index in [1.165, 1.54) is 18.2 Å². The molecule has 3 atom stereocenters. The first-order chi connectivity index (χ1) is 19.4. The van der Waals surface area contributed by atoms with Crippen LogP contribution in [0.25, 0.3) is 22.2 Å². The third kappa shape index (κ3) is 3.30. The molecule has 38 heavy (non-hydrogen) atoms. The van der Waals surface area contributed by atoms with Crippen molar-refractivity contribution in [1.29, 1.82) is 0 Å². The monoisotopic (exact) mass is 521 g/mol. The molecule has 2 aromatic heterocycles. The largest absolute Gasteiger partial charge is 0.434 e. The van der Waals surface area contributed by atoms with Crippen molar-refractivity contribution in [2.75, 3.05) is 13.6 Å². The molecule has 1 N–H and O–H groups in total. The first-order valence-corrected chi connectivity index (χ1v) is 12.2. The Morgan fingerprint density at radius 2 is 2.11 bits per heavy atom. The van der Waals surface area contributed by atoms with Gasteiger partial charge in [0.2, 0.25) is 0 Å². The van der Waals surface area contributed by atoms with Crippen LogP contribution < -0.4 is 4.74 Å². The molecule has 0 aliphatic carbocycles. The highest BCUT2D eigenvalue weighted by molar-refractivity contribution is 5.98. The SMILES string of the molecule is [2H]C([2H])([2H])N1C(=O)c2cccc(OC(F)F)c2[C@H]2C[C@@H]1c1nc3ccc(-c4cnc5c(c4)COC[C@]5(C)O)cc3n12. The van der Waals surface area contributed by atoms with Crippen LogP contribution in [0.5, 0.6) is 5.75 Å². The van der Waals surface area contributed by atoms with Crippen LogP contribution in [-0.4, -0.2) is 50.6 Å². The number of alkyl halides is 2. The number of benzene rings is 2. The summed E-state index contributed by atoms with van der Waals surface area (Å²) in [5.41, 5.74) is 3.07. The van der Waals surface area contributed by atoms with Gasteiger partial charge in [0.05, 0.1) is 42.0 Å². The van der Waals surface area contributed by atoms with E-state index in [0.717, 1.165) is 21.6 Å². The lowest BCUT2D eigenvalue weighted by atomic mass is 9.94. The molecule has 7 rings (SSSR count). The Morgan fingerprint density at radius 1 is 1.24 bits per heavy atom. The van der Waals surface area contributed by atoms with Gasteiger partial charge in [-0.25, -0.2) is 4.98 Å². The van der Waals surface area contributed by atoms with Crippen LogP contribution in [0.15, 0.2) is 48.7 Å². The highest BCUT2D eigenvalue weighted by Gasteiger charge is 2.45. The maximum absolute atomic E-state index is 13.6. The highest BCUT2D eigenvalue weighted by Crippen LogP contribution is 2.50. The van der Waals surface area contributed by atoms with Gasteiger partial charge >= 0.3 is 6.61 Å². The summed E-state index contributed by atoms with van der Waals surface area (Å²) in [6.45, 7) is -3.83. The molecule has 0 saturated carbocycles. The lowest BCUT2D eigenvalue weighted by Gasteiger charge is -2.30. The zero-order chi connectivity index (χ0) is 28.8. The van der Waals surface area contributed by atoms with E-state index in [4.69, 9.17) is 18.6 Å². The third-order valence-corrected chi connectivity index (χ3v) is 7.60. The molecular weight excluding hydrogens is 494 g/mol. The fraction of sp³-hybridized carbons (Fsp3) is 0.321. The summed E-state index contributed by atoms with van der Waals surface area (Å²) < 4.78 is 63.6. The Balaban J connectivity index is 1.43. The van der Waals surface area contributed by atoms with Crippen molar-refractivity contribution in [2.45, 2.75) is 44.2 Å². The number of fused-ring (bicyclic) bond motifs is 10. The number of carbonyl (C=O) groups is 1. The van der Waals surface area contributed by atoms with Crippen molar-refractivity contribution in [1.82, 2.24) is 19.4 Å². The summed E-state index contributed by atoms with van der Waals surface area (Å²) in [7, 11) is 0. The van der Waals surface area contributed by atoms with Gasteiger partial charge in [-0.15, -0.1) is 0 Å². The minimum atomic E-state index is -3.14. The van der Waals surface area contributed by atoms with Gasteiger partial charge in [0, 0.05) is 46.0 Å². The first-order valence-electron chi connectivity index (χ1n) is 13.7. The number of halogens is 2. The lowest BCUT2D eigenvalue weighted by molar-refractivity contribution is -0.0635. The lowest BCUT2D eigenvalue weighted by Crippen LogP contribution is -2.34. The van der Waals surface area contributed by atoms with Gasteiger partial charge in [-0.05, 0) is 42.8 Å². The average molecular weight is 522 g/mol.